The smallest absolute Gasteiger partial charge is 0.339 e. The quantitative estimate of drug-likeness (QED) is 0.915. The highest BCUT2D eigenvalue weighted by atomic mass is 16.7. The molecule has 0 unspecified atom stereocenters. The van der Waals surface area contributed by atoms with Crippen LogP contribution >= 0.6 is 0 Å². The van der Waals surface area contributed by atoms with E-state index in [1.165, 1.54) is 18.0 Å². The third-order valence-corrected chi connectivity index (χ3v) is 3.12. The van der Waals surface area contributed by atoms with Crippen molar-refractivity contribution in [1.29, 1.82) is 0 Å². The molecule has 2 aromatic rings. The summed E-state index contributed by atoms with van der Waals surface area (Å²) in [5.74, 6) is 0.580. The van der Waals surface area contributed by atoms with Gasteiger partial charge in [-0.3, -0.25) is 4.68 Å². The van der Waals surface area contributed by atoms with Gasteiger partial charge in [-0.05, 0) is 6.07 Å². The summed E-state index contributed by atoms with van der Waals surface area (Å²) in [4.78, 5) is 11.3. The van der Waals surface area contributed by atoms with Gasteiger partial charge in [-0.25, -0.2) is 4.79 Å². The molecule has 1 aliphatic rings. The van der Waals surface area contributed by atoms with Crippen LogP contribution in [0, 0.1) is 0 Å². The van der Waals surface area contributed by atoms with E-state index in [0.717, 1.165) is 0 Å². The number of ether oxygens (including phenoxy) is 3. The number of rotatable bonds is 3. The molecule has 0 spiro atoms. The summed E-state index contributed by atoms with van der Waals surface area (Å²) in [5, 5.41) is 13.2. The molecule has 0 aliphatic carbocycles. The molecule has 1 aromatic heterocycles. The van der Waals surface area contributed by atoms with Crippen LogP contribution in [-0.4, -0.2) is 34.8 Å². The van der Waals surface area contributed by atoms with E-state index in [0.29, 0.717) is 28.5 Å². The Morgan fingerprint density at radius 2 is 2.10 bits per heavy atom. The lowest BCUT2D eigenvalue weighted by Crippen LogP contribution is -2.02. The molecule has 20 heavy (non-hydrogen) atoms. The zero-order valence-electron chi connectivity index (χ0n) is 10.9. The number of methoxy groups -OCH3 is 1. The van der Waals surface area contributed by atoms with E-state index < -0.39 is 5.97 Å². The van der Waals surface area contributed by atoms with Gasteiger partial charge < -0.3 is 19.3 Å². The first-order valence-electron chi connectivity index (χ1n) is 5.85. The van der Waals surface area contributed by atoms with Crippen LogP contribution in [0.3, 0.4) is 0 Å². The molecule has 0 bridgehead atoms. The van der Waals surface area contributed by atoms with Crippen molar-refractivity contribution in [2.45, 2.75) is 0 Å². The van der Waals surface area contributed by atoms with E-state index >= 15 is 0 Å². The van der Waals surface area contributed by atoms with E-state index in [9.17, 15) is 9.90 Å². The monoisotopic (exact) mass is 276 g/mol. The SMILES string of the molecule is COc1cc2c(cc1-c1c(C(=O)O)cnn1C)OCO2. The van der Waals surface area contributed by atoms with Crippen molar-refractivity contribution in [1.82, 2.24) is 9.78 Å². The molecular weight excluding hydrogens is 264 g/mol. The molecule has 0 fully saturated rings. The van der Waals surface area contributed by atoms with Crippen LogP contribution in [0.5, 0.6) is 17.2 Å². The molecule has 1 N–H and O–H groups in total. The van der Waals surface area contributed by atoms with Gasteiger partial charge in [0.05, 0.1) is 19.0 Å². The number of hydrogen-bond donors (Lipinski definition) is 1. The summed E-state index contributed by atoms with van der Waals surface area (Å²) >= 11 is 0. The van der Waals surface area contributed by atoms with Gasteiger partial charge >= 0.3 is 5.97 Å². The molecule has 0 atom stereocenters. The number of aromatic nitrogens is 2. The Kier molecular flexibility index (Phi) is 2.74. The minimum Gasteiger partial charge on any atom is -0.496 e. The van der Waals surface area contributed by atoms with Gasteiger partial charge in [-0.1, -0.05) is 0 Å². The molecule has 0 radical (unpaired) electrons. The van der Waals surface area contributed by atoms with Crippen LogP contribution < -0.4 is 14.2 Å². The first-order chi connectivity index (χ1) is 9.61. The third-order valence-electron chi connectivity index (χ3n) is 3.12. The third kappa shape index (κ3) is 1.75. The lowest BCUT2D eigenvalue weighted by atomic mass is 10.1. The lowest BCUT2D eigenvalue weighted by molar-refractivity contribution is 0.0697. The van der Waals surface area contributed by atoms with Crippen molar-refractivity contribution in [2.24, 2.45) is 7.05 Å². The standard InChI is InChI=1S/C13H12N2O5/c1-15-12(8(5-14-15)13(16)17)7-3-10-11(20-6-19-10)4-9(7)18-2/h3-5H,6H2,1-2H3,(H,16,17). The van der Waals surface area contributed by atoms with Gasteiger partial charge in [0.25, 0.3) is 0 Å². The van der Waals surface area contributed by atoms with Gasteiger partial charge in [0.15, 0.2) is 11.5 Å². The maximum Gasteiger partial charge on any atom is 0.339 e. The van der Waals surface area contributed by atoms with E-state index in [1.54, 1.807) is 19.2 Å². The molecule has 7 heteroatoms. The van der Waals surface area contributed by atoms with Gasteiger partial charge in [-0.2, -0.15) is 5.10 Å². The number of benzene rings is 1. The van der Waals surface area contributed by atoms with Crippen LogP contribution in [0.1, 0.15) is 10.4 Å². The second-order valence-corrected chi connectivity index (χ2v) is 4.24. The maximum atomic E-state index is 11.3. The number of hydrogen-bond acceptors (Lipinski definition) is 5. The van der Waals surface area contributed by atoms with Gasteiger partial charge in [0.1, 0.15) is 11.3 Å². The number of carbonyl (C=O) groups is 1. The zero-order chi connectivity index (χ0) is 14.3. The predicted molar refractivity (Wildman–Crippen MR) is 68.3 cm³/mol. The van der Waals surface area contributed by atoms with E-state index in [-0.39, 0.29) is 12.4 Å². The van der Waals surface area contributed by atoms with Crippen LogP contribution in [0.25, 0.3) is 11.3 Å². The summed E-state index contributed by atoms with van der Waals surface area (Å²) in [6.07, 6.45) is 1.31. The molecule has 3 rings (SSSR count). The summed E-state index contributed by atoms with van der Waals surface area (Å²) < 4.78 is 17.4. The highest BCUT2D eigenvalue weighted by Gasteiger charge is 2.24. The number of nitrogens with zero attached hydrogens (tertiary/aromatic N) is 2. The topological polar surface area (TPSA) is 82.8 Å². The van der Waals surface area contributed by atoms with E-state index in [4.69, 9.17) is 14.2 Å². The minimum absolute atomic E-state index is 0.102. The van der Waals surface area contributed by atoms with Crippen molar-refractivity contribution < 1.29 is 24.1 Å². The number of carboxylic acids is 1. The van der Waals surface area contributed by atoms with Gasteiger partial charge in [0, 0.05) is 18.7 Å². The lowest BCUT2D eigenvalue weighted by Gasteiger charge is -2.11. The highest BCUT2D eigenvalue weighted by molar-refractivity contribution is 5.96. The summed E-state index contributed by atoms with van der Waals surface area (Å²) in [5.41, 5.74) is 1.14. The Balaban J connectivity index is 2.24. The fraction of sp³-hybridized carbons (Fsp3) is 0.231. The molecular formula is C13H12N2O5. The van der Waals surface area contributed by atoms with Crippen molar-refractivity contribution in [3.8, 4) is 28.5 Å². The van der Waals surface area contributed by atoms with Gasteiger partial charge in [-0.15, -0.1) is 0 Å². The average Bonchev–Trinajstić information content (AvgIpc) is 3.02. The molecule has 0 amide bonds. The summed E-state index contributed by atoms with van der Waals surface area (Å²) in [6, 6.07) is 3.38. The molecule has 1 aliphatic heterocycles. The zero-order valence-corrected chi connectivity index (χ0v) is 10.9. The molecule has 0 saturated heterocycles. The second-order valence-electron chi connectivity index (χ2n) is 4.24. The fourth-order valence-corrected chi connectivity index (χ4v) is 2.19. The largest absolute Gasteiger partial charge is 0.496 e. The average molecular weight is 276 g/mol. The number of fused-ring (bicyclic) bond motifs is 1. The highest BCUT2D eigenvalue weighted by Crippen LogP contribution is 2.43. The number of aromatic carboxylic acids is 1. The van der Waals surface area contributed by atoms with E-state index in [1.807, 2.05) is 0 Å². The van der Waals surface area contributed by atoms with Gasteiger partial charge in [0.2, 0.25) is 6.79 Å². The summed E-state index contributed by atoms with van der Waals surface area (Å²) in [7, 11) is 3.18. The van der Waals surface area contributed by atoms with Crippen molar-refractivity contribution in [3.05, 3.63) is 23.9 Å². The fourth-order valence-electron chi connectivity index (χ4n) is 2.19. The molecule has 1 aromatic carbocycles. The minimum atomic E-state index is -1.05. The first kappa shape index (κ1) is 12.3. The first-order valence-corrected chi connectivity index (χ1v) is 5.85. The van der Waals surface area contributed by atoms with Crippen molar-refractivity contribution >= 4 is 5.97 Å². The Hall–Kier alpha value is -2.70. The molecule has 104 valence electrons. The Morgan fingerprint density at radius 3 is 2.75 bits per heavy atom. The molecule has 0 saturated carbocycles. The Labute approximate surface area is 114 Å². The molecule has 7 nitrogen and oxygen atoms in total. The van der Waals surface area contributed by atoms with Crippen LogP contribution in [0.2, 0.25) is 0 Å². The van der Waals surface area contributed by atoms with Crippen molar-refractivity contribution in [2.75, 3.05) is 13.9 Å². The number of carboxylic acid groups (broad SMARTS) is 1. The van der Waals surface area contributed by atoms with E-state index in [2.05, 4.69) is 5.10 Å². The number of aryl methyl sites for hydroxylation is 1. The predicted octanol–water partition coefficient (Wildman–Crippen LogP) is 1.52. The van der Waals surface area contributed by atoms with Crippen LogP contribution in [0.4, 0.5) is 0 Å². The Morgan fingerprint density at radius 1 is 1.40 bits per heavy atom. The Bertz CT molecular complexity index is 692. The normalized spacial score (nSPS) is 12.5. The maximum absolute atomic E-state index is 11.3. The molecule has 2 heterocycles. The van der Waals surface area contributed by atoms with Crippen LogP contribution in [0.15, 0.2) is 18.3 Å². The van der Waals surface area contributed by atoms with Crippen LogP contribution in [-0.2, 0) is 7.05 Å². The summed E-state index contributed by atoms with van der Waals surface area (Å²) in [6.45, 7) is 0.138. The van der Waals surface area contributed by atoms with Crippen molar-refractivity contribution in [3.63, 3.8) is 0 Å². The second kappa shape index (κ2) is 4.44.